The molecule has 1 fully saturated rings. The van der Waals surface area contributed by atoms with Gasteiger partial charge in [-0.25, -0.2) is 14.8 Å². The average Bonchev–Trinajstić information content (AvgIpc) is 3.08. The van der Waals surface area contributed by atoms with Crippen molar-refractivity contribution >= 4 is 17.7 Å². The SMILES string of the molecule is CCN(CC)c1ccc(CNC(=O)NCc2ccnc(N3CCCCCC3)c2)cn1. The molecule has 0 aromatic carbocycles. The summed E-state index contributed by atoms with van der Waals surface area (Å²) in [6.45, 7) is 9.14. The zero-order valence-electron chi connectivity index (χ0n) is 18.2. The molecule has 0 aliphatic carbocycles. The largest absolute Gasteiger partial charge is 0.357 e. The minimum Gasteiger partial charge on any atom is -0.357 e. The van der Waals surface area contributed by atoms with Gasteiger partial charge in [0.25, 0.3) is 0 Å². The van der Waals surface area contributed by atoms with Crippen LogP contribution in [-0.4, -0.2) is 42.2 Å². The van der Waals surface area contributed by atoms with Gasteiger partial charge in [0.1, 0.15) is 11.6 Å². The highest BCUT2D eigenvalue weighted by atomic mass is 16.2. The molecule has 0 spiro atoms. The first kappa shape index (κ1) is 21.9. The number of carbonyl (C=O) groups is 1. The fourth-order valence-corrected chi connectivity index (χ4v) is 3.73. The molecule has 0 unspecified atom stereocenters. The van der Waals surface area contributed by atoms with Gasteiger partial charge in [-0.15, -0.1) is 0 Å². The van der Waals surface area contributed by atoms with Crippen molar-refractivity contribution in [3.8, 4) is 0 Å². The van der Waals surface area contributed by atoms with Gasteiger partial charge >= 0.3 is 6.03 Å². The standard InChI is InChI=1S/C23H34N6O/c1-3-28(4-2)21-10-9-20(17-25-21)18-27-23(30)26-16-19-11-12-24-22(15-19)29-13-7-5-6-8-14-29/h9-12,15,17H,3-8,13-14,16,18H2,1-2H3,(H2,26,27,30). The smallest absolute Gasteiger partial charge is 0.315 e. The molecular weight excluding hydrogens is 376 g/mol. The molecule has 2 aromatic heterocycles. The van der Waals surface area contributed by atoms with Crippen LogP contribution < -0.4 is 20.4 Å². The lowest BCUT2D eigenvalue weighted by Crippen LogP contribution is -2.34. The van der Waals surface area contributed by atoms with E-state index in [1.807, 2.05) is 30.6 Å². The summed E-state index contributed by atoms with van der Waals surface area (Å²) in [5.41, 5.74) is 2.04. The number of pyridine rings is 2. The zero-order chi connectivity index (χ0) is 21.2. The summed E-state index contributed by atoms with van der Waals surface area (Å²) in [5.74, 6) is 1.97. The molecule has 7 nitrogen and oxygen atoms in total. The summed E-state index contributed by atoms with van der Waals surface area (Å²) >= 11 is 0. The third kappa shape index (κ3) is 6.34. The van der Waals surface area contributed by atoms with E-state index in [1.165, 1.54) is 25.7 Å². The maximum absolute atomic E-state index is 12.2. The van der Waals surface area contributed by atoms with E-state index in [4.69, 9.17) is 0 Å². The third-order valence-corrected chi connectivity index (χ3v) is 5.54. The molecule has 3 heterocycles. The van der Waals surface area contributed by atoms with Crippen LogP contribution in [0.1, 0.15) is 50.7 Å². The lowest BCUT2D eigenvalue weighted by Gasteiger charge is -2.21. The van der Waals surface area contributed by atoms with Gasteiger partial charge in [-0.05, 0) is 56.0 Å². The Morgan fingerprint density at radius 3 is 2.30 bits per heavy atom. The lowest BCUT2D eigenvalue weighted by atomic mass is 10.2. The molecule has 1 aliphatic rings. The van der Waals surface area contributed by atoms with Gasteiger partial charge in [0.2, 0.25) is 0 Å². The highest BCUT2D eigenvalue weighted by Crippen LogP contribution is 2.18. The Kier molecular flexibility index (Phi) is 8.30. The van der Waals surface area contributed by atoms with Crippen molar-refractivity contribution < 1.29 is 4.79 Å². The second-order valence-corrected chi connectivity index (χ2v) is 7.66. The van der Waals surface area contributed by atoms with Crippen LogP contribution >= 0.6 is 0 Å². The predicted octanol–water partition coefficient (Wildman–Crippen LogP) is 3.70. The van der Waals surface area contributed by atoms with Crippen molar-refractivity contribution in [3.05, 3.63) is 47.8 Å². The first-order valence-corrected chi connectivity index (χ1v) is 11.1. The van der Waals surface area contributed by atoms with Crippen molar-refractivity contribution in [2.45, 2.75) is 52.6 Å². The van der Waals surface area contributed by atoms with Crippen LogP contribution in [0.15, 0.2) is 36.7 Å². The maximum atomic E-state index is 12.2. The quantitative estimate of drug-likeness (QED) is 0.694. The second-order valence-electron chi connectivity index (χ2n) is 7.66. The Morgan fingerprint density at radius 2 is 1.67 bits per heavy atom. The van der Waals surface area contributed by atoms with Crippen molar-refractivity contribution in [2.75, 3.05) is 36.0 Å². The van der Waals surface area contributed by atoms with E-state index in [0.717, 1.165) is 48.9 Å². The van der Waals surface area contributed by atoms with E-state index in [9.17, 15) is 4.79 Å². The van der Waals surface area contributed by atoms with E-state index in [0.29, 0.717) is 13.1 Å². The van der Waals surface area contributed by atoms with Crippen LogP contribution in [0.5, 0.6) is 0 Å². The number of nitrogens with zero attached hydrogens (tertiary/aromatic N) is 4. The van der Waals surface area contributed by atoms with Crippen molar-refractivity contribution in [3.63, 3.8) is 0 Å². The number of anilines is 2. The Morgan fingerprint density at radius 1 is 0.967 bits per heavy atom. The number of amides is 2. The summed E-state index contributed by atoms with van der Waals surface area (Å²) in [6, 6.07) is 7.87. The van der Waals surface area contributed by atoms with E-state index < -0.39 is 0 Å². The predicted molar refractivity (Wildman–Crippen MR) is 122 cm³/mol. The molecule has 1 saturated heterocycles. The fourth-order valence-electron chi connectivity index (χ4n) is 3.73. The third-order valence-electron chi connectivity index (χ3n) is 5.54. The van der Waals surface area contributed by atoms with Crippen LogP contribution in [0.4, 0.5) is 16.4 Å². The van der Waals surface area contributed by atoms with Crippen molar-refractivity contribution in [1.82, 2.24) is 20.6 Å². The molecule has 0 atom stereocenters. The molecular formula is C23H34N6O. The Bertz CT molecular complexity index is 783. The van der Waals surface area contributed by atoms with Gasteiger partial charge in [0, 0.05) is 51.7 Å². The topological polar surface area (TPSA) is 73.4 Å². The van der Waals surface area contributed by atoms with Crippen LogP contribution in [0.25, 0.3) is 0 Å². The van der Waals surface area contributed by atoms with E-state index in [2.05, 4.69) is 50.3 Å². The summed E-state index contributed by atoms with van der Waals surface area (Å²) in [4.78, 5) is 25.8. The average molecular weight is 411 g/mol. The van der Waals surface area contributed by atoms with Crippen molar-refractivity contribution in [2.24, 2.45) is 0 Å². The monoisotopic (exact) mass is 410 g/mol. The fraction of sp³-hybridized carbons (Fsp3) is 0.522. The Balaban J connectivity index is 1.46. The molecule has 7 heteroatoms. The molecule has 0 radical (unpaired) electrons. The van der Waals surface area contributed by atoms with Crippen LogP contribution in [-0.2, 0) is 13.1 Å². The highest BCUT2D eigenvalue weighted by molar-refractivity contribution is 5.73. The van der Waals surface area contributed by atoms with E-state index >= 15 is 0 Å². The molecule has 2 N–H and O–H groups in total. The van der Waals surface area contributed by atoms with E-state index in [1.54, 1.807) is 0 Å². The van der Waals surface area contributed by atoms with E-state index in [-0.39, 0.29) is 6.03 Å². The summed E-state index contributed by atoms with van der Waals surface area (Å²) < 4.78 is 0. The maximum Gasteiger partial charge on any atom is 0.315 e. The molecule has 0 bridgehead atoms. The molecule has 3 rings (SSSR count). The summed E-state index contributed by atoms with van der Waals surface area (Å²) in [6.07, 6.45) is 8.69. The van der Waals surface area contributed by atoms with Gasteiger partial charge in [0.15, 0.2) is 0 Å². The number of nitrogens with one attached hydrogen (secondary N) is 2. The number of rotatable bonds is 8. The molecule has 162 valence electrons. The van der Waals surface area contributed by atoms with Crippen LogP contribution in [0, 0.1) is 0 Å². The van der Waals surface area contributed by atoms with Gasteiger partial charge in [-0.3, -0.25) is 0 Å². The molecule has 2 amide bonds. The lowest BCUT2D eigenvalue weighted by molar-refractivity contribution is 0.240. The van der Waals surface area contributed by atoms with Gasteiger partial charge in [-0.1, -0.05) is 18.9 Å². The first-order chi connectivity index (χ1) is 14.7. The second kappa shape index (κ2) is 11.4. The molecule has 1 aliphatic heterocycles. The van der Waals surface area contributed by atoms with Crippen LogP contribution in [0.2, 0.25) is 0 Å². The van der Waals surface area contributed by atoms with Gasteiger partial charge < -0.3 is 20.4 Å². The molecule has 0 saturated carbocycles. The van der Waals surface area contributed by atoms with Gasteiger partial charge in [-0.2, -0.15) is 0 Å². The zero-order valence-corrected chi connectivity index (χ0v) is 18.2. The number of aromatic nitrogens is 2. The first-order valence-electron chi connectivity index (χ1n) is 11.1. The Hall–Kier alpha value is -2.83. The number of hydrogen-bond acceptors (Lipinski definition) is 5. The van der Waals surface area contributed by atoms with Crippen molar-refractivity contribution in [1.29, 1.82) is 0 Å². The normalized spacial score (nSPS) is 14.1. The highest BCUT2D eigenvalue weighted by Gasteiger charge is 2.11. The number of urea groups is 1. The Labute approximate surface area is 179 Å². The molecule has 2 aromatic rings. The summed E-state index contributed by atoms with van der Waals surface area (Å²) in [7, 11) is 0. The minimum absolute atomic E-state index is 0.184. The number of hydrogen-bond donors (Lipinski definition) is 2. The number of carbonyl (C=O) groups excluding carboxylic acids is 1. The minimum atomic E-state index is -0.184. The molecule has 30 heavy (non-hydrogen) atoms. The van der Waals surface area contributed by atoms with Crippen LogP contribution in [0.3, 0.4) is 0 Å². The van der Waals surface area contributed by atoms with Gasteiger partial charge in [0.05, 0.1) is 0 Å². The summed E-state index contributed by atoms with van der Waals surface area (Å²) in [5, 5.41) is 5.84.